The first-order chi connectivity index (χ1) is 16.4. The zero-order valence-electron chi connectivity index (χ0n) is 20.8. The number of hydrogen-bond donors (Lipinski definition) is 3. The Labute approximate surface area is 186 Å². The number of methoxy groups -OCH3 is 1. The van der Waals surface area contributed by atoms with Crippen molar-refractivity contribution in [3.8, 4) is 5.75 Å². The predicted molar refractivity (Wildman–Crippen MR) is 120 cm³/mol. The van der Waals surface area contributed by atoms with Crippen molar-refractivity contribution in [1.29, 1.82) is 0 Å². The van der Waals surface area contributed by atoms with Crippen molar-refractivity contribution in [1.82, 2.24) is 4.98 Å². The van der Waals surface area contributed by atoms with Crippen LogP contribution in [0.4, 0.5) is 27.7 Å². The van der Waals surface area contributed by atoms with Crippen molar-refractivity contribution in [2.75, 3.05) is 34.8 Å². The van der Waals surface area contributed by atoms with Crippen molar-refractivity contribution >= 4 is 40.5 Å². The van der Waals surface area contributed by atoms with E-state index in [-0.39, 0.29) is 22.3 Å². The molecule has 30 heavy (non-hydrogen) atoms. The Morgan fingerprint density at radius 2 is 2.17 bits per heavy atom. The first kappa shape index (κ1) is 14.5. The number of nitrogens with two attached hydrogens (primary N) is 1. The number of nitrogens with one attached hydrogen (secondary N) is 2. The molecule has 2 amide bonds. The summed E-state index contributed by atoms with van der Waals surface area (Å²) in [6, 6.07) is 11.8. The van der Waals surface area contributed by atoms with Crippen LogP contribution >= 0.6 is 11.6 Å². The topological polar surface area (TPSA) is 92.5 Å². The lowest BCUT2D eigenvalue weighted by molar-refractivity contribution is 0.262. The van der Waals surface area contributed by atoms with Gasteiger partial charge in [-0.1, -0.05) is 17.7 Å². The molecule has 1 aromatic heterocycles. The summed E-state index contributed by atoms with van der Waals surface area (Å²) in [4.78, 5) is 18.3. The fraction of sp³-hybridized carbons (Fsp3) is 0.182. The van der Waals surface area contributed by atoms with Crippen LogP contribution in [0.15, 0.2) is 54.7 Å². The summed E-state index contributed by atoms with van der Waals surface area (Å²) in [6.45, 7) is -1.47. The van der Waals surface area contributed by atoms with Gasteiger partial charge in [0.2, 0.25) is 0 Å². The molecule has 0 saturated heterocycles. The minimum atomic E-state index is -2.71. The molecule has 154 valence electrons. The number of pyridine rings is 1. The third kappa shape index (κ3) is 4.26. The van der Waals surface area contributed by atoms with Gasteiger partial charge in [-0.3, -0.25) is 0 Å². The Bertz CT molecular complexity index is 1270. The molecule has 4 rings (SSSR count). The molecule has 1 aliphatic heterocycles. The van der Waals surface area contributed by atoms with Gasteiger partial charge in [0.1, 0.15) is 11.6 Å². The SMILES string of the molecule is [2H]C([2H])([2H])Oc1ccc(Cl)cc1NC(=O)Nc1cccc2c1CCN2C([2H])([2H])c1ccnc(N)c1. The molecule has 0 bridgehead atoms. The second kappa shape index (κ2) is 8.51. The number of benzene rings is 2. The monoisotopic (exact) mass is 428 g/mol. The molecule has 4 N–H and O–H groups in total. The first-order valence-electron chi connectivity index (χ1n) is 11.6. The molecular formula is C22H22ClN5O2. The van der Waals surface area contributed by atoms with E-state index in [1.165, 1.54) is 30.5 Å². The van der Waals surface area contributed by atoms with Crippen molar-refractivity contribution < 1.29 is 16.4 Å². The smallest absolute Gasteiger partial charge is 0.323 e. The Morgan fingerprint density at radius 1 is 1.30 bits per heavy atom. The number of amides is 2. The summed E-state index contributed by atoms with van der Waals surface area (Å²) in [5, 5.41) is 5.61. The maximum Gasteiger partial charge on any atom is 0.323 e. The van der Waals surface area contributed by atoms with E-state index in [2.05, 4.69) is 15.6 Å². The van der Waals surface area contributed by atoms with Crippen molar-refractivity contribution in [3.63, 3.8) is 0 Å². The van der Waals surface area contributed by atoms with E-state index < -0.39 is 19.6 Å². The van der Waals surface area contributed by atoms with Gasteiger partial charge >= 0.3 is 6.03 Å². The minimum absolute atomic E-state index is 0.0566. The van der Waals surface area contributed by atoms with E-state index in [1.54, 1.807) is 29.2 Å². The Balaban J connectivity index is 1.56. The Kier molecular flexibility index (Phi) is 4.12. The first-order valence-corrected chi connectivity index (χ1v) is 9.50. The normalized spacial score (nSPS) is 15.8. The summed E-state index contributed by atoms with van der Waals surface area (Å²) < 4.78 is 44.3. The standard InChI is InChI=1S/C22H22ClN5O2/c1-30-20-6-5-15(23)12-18(20)27-22(29)26-17-3-2-4-19-16(17)8-10-28(19)13-14-7-9-25-21(24)11-14/h2-7,9,11-12H,8,10,13H2,1H3,(H2,24,25)(H2,26,27,29)/i1D3,13D2. The van der Waals surface area contributed by atoms with Crippen LogP contribution in [0.3, 0.4) is 0 Å². The molecule has 7 nitrogen and oxygen atoms in total. The number of nitrogen functional groups attached to an aromatic ring is 1. The average Bonchev–Trinajstić information content (AvgIpc) is 3.21. The van der Waals surface area contributed by atoms with Crippen LogP contribution in [0.5, 0.6) is 5.75 Å². The van der Waals surface area contributed by atoms with E-state index >= 15 is 0 Å². The number of aromatic nitrogens is 1. The van der Waals surface area contributed by atoms with Gasteiger partial charge < -0.3 is 26.0 Å². The van der Waals surface area contributed by atoms with Gasteiger partial charge in [-0.15, -0.1) is 0 Å². The number of anilines is 4. The second-order valence-corrected chi connectivity index (χ2v) is 7.04. The zero-order valence-corrected chi connectivity index (χ0v) is 16.5. The molecule has 1 aliphatic rings. The highest BCUT2D eigenvalue weighted by Gasteiger charge is 2.22. The fourth-order valence-electron chi connectivity index (χ4n) is 3.31. The summed E-state index contributed by atoms with van der Waals surface area (Å²) >= 11 is 6.01. The number of fused-ring (bicyclic) bond motifs is 1. The molecular weight excluding hydrogens is 402 g/mol. The molecule has 0 spiro atoms. The summed E-state index contributed by atoms with van der Waals surface area (Å²) in [7, 11) is -2.71. The molecule has 0 atom stereocenters. The molecule has 2 aromatic carbocycles. The number of halogens is 1. The lowest BCUT2D eigenvalue weighted by atomic mass is 10.1. The molecule has 0 fully saturated rings. The second-order valence-electron chi connectivity index (χ2n) is 6.61. The lowest BCUT2D eigenvalue weighted by Crippen LogP contribution is -2.21. The maximum absolute atomic E-state index is 12.8. The highest BCUT2D eigenvalue weighted by Crippen LogP contribution is 2.35. The summed E-state index contributed by atoms with van der Waals surface area (Å²) in [5.74, 6) is 0.166. The average molecular weight is 429 g/mol. The van der Waals surface area contributed by atoms with Gasteiger partial charge in [0.05, 0.1) is 19.6 Å². The third-order valence-electron chi connectivity index (χ3n) is 4.62. The summed E-state index contributed by atoms with van der Waals surface area (Å²) in [6.07, 6.45) is 1.96. The van der Waals surface area contributed by atoms with Crippen LogP contribution in [-0.4, -0.2) is 24.6 Å². The molecule has 2 heterocycles. The highest BCUT2D eigenvalue weighted by atomic mass is 35.5. The van der Waals surface area contributed by atoms with E-state index in [4.69, 9.17) is 28.9 Å². The van der Waals surface area contributed by atoms with Crippen molar-refractivity contribution in [2.24, 2.45) is 0 Å². The lowest BCUT2D eigenvalue weighted by Gasteiger charge is -2.20. The number of carbonyl (C=O) groups excluding carboxylic acids is 1. The van der Waals surface area contributed by atoms with Crippen molar-refractivity contribution in [2.45, 2.75) is 12.9 Å². The van der Waals surface area contributed by atoms with Gasteiger partial charge in [0.25, 0.3) is 0 Å². The van der Waals surface area contributed by atoms with Crippen LogP contribution < -0.4 is 26.0 Å². The van der Waals surface area contributed by atoms with E-state index in [9.17, 15) is 4.79 Å². The van der Waals surface area contributed by atoms with Gasteiger partial charge in [-0.05, 0) is 54.4 Å². The highest BCUT2D eigenvalue weighted by molar-refractivity contribution is 6.31. The number of hydrogen-bond acceptors (Lipinski definition) is 5. The number of carbonyl (C=O) groups is 1. The molecule has 0 unspecified atom stereocenters. The minimum Gasteiger partial charge on any atom is -0.495 e. The largest absolute Gasteiger partial charge is 0.495 e. The fourth-order valence-corrected chi connectivity index (χ4v) is 3.48. The van der Waals surface area contributed by atoms with E-state index in [0.29, 0.717) is 29.9 Å². The molecule has 0 radical (unpaired) electrons. The van der Waals surface area contributed by atoms with Gasteiger partial charge in [-0.2, -0.15) is 0 Å². The van der Waals surface area contributed by atoms with Crippen molar-refractivity contribution in [3.05, 3.63) is 70.9 Å². The van der Waals surface area contributed by atoms with Gasteiger partial charge in [-0.25, -0.2) is 9.78 Å². The number of urea groups is 1. The van der Waals surface area contributed by atoms with E-state index in [1.807, 2.05) is 0 Å². The zero-order chi connectivity index (χ0) is 25.4. The molecule has 0 aliphatic carbocycles. The van der Waals surface area contributed by atoms with Gasteiger partial charge in [0.15, 0.2) is 0 Å². The van der Waals surface area contributed by atoms with Gasteiger partial charge in [0, 0.05) is 41.2 Å². The molecule has 8 heteroatoms. The van der Waals surface area contributed by atoms with E-state index in [0.717, 1.165) is 5.56 Å². The number of ether oxygens (including phenoxy) is 1. The maximum atomic E-state index is 12.8. The quantitative estimate of drug-likeness (QED) is 0.555. The van der Waals surface area contributed by atoms with Crippen LogP contribution in [0.1, 0.15) is 18.0 Å². The summed E-state index contributed by atoms with van der Waals surface area (Å²) in [5.41, 5.74) is 8.10. The Morgan fingerprint density at radius 3 is 3.00 bits per heavy atom. The third-order valence-corrected chi connectivity index (χ3v) is 4.86. The number of nitrogens with zero attached hydrogens (tertiary/aromatic N) is 2. The number of rotatable bonds is 5. The molecule has 3 aromatic rings. The molecule has 0 saturated carbocycles. The Hall–Kier alpha value is -3.45. The van der Waals surface area contributed by atoms with Crippen LogP contribution in [0, 0.1) is 0 Å². The van der Waals surface area contributed by atoms with Crippen LogP contribution in [0.2, 0.25) is 5.02 Å². The van der Waals surface area contributed by atoms with Crippen LogP contribution in [0.25, 0.3) is 0 Å². The predicted octanol–water partition coefficient (Wildman–Crippen LogP) is 4.53. The van der Waals surface area contributed by atoms with Crippen LogP contribution in [-0.2, 0) is 12.9 Å².